The largest absolute Gasteiger partial charge is 0.452 e. The van der Waals surface area contributed by atoms with Crippen molar-refractivity contribution in [2.24, 2.45) is 11.8 Å². The van der Waals surface area contributed by atoms with Gasteiger partial charge in [-0.25, -0.2) is 12.8 Å². The number of ether oxygens (including phenoxy) is 1. The fourth-order valence-corrected chi connectivity index (χ4v) is 4.43. The molecule has 0 radical (unpaired) electrons. The Bertz CT molecular complexity index is 804. The summed E-state index contributed by atoms with van der Waals surface area (Å²) in [5.74, 6) is -1.89. The molecule has 0 spiro atoms. The van der Waals surface area contributed by atoms with Crippen LogP contribution in [0.5, 0.6) is 0 Å². The molecule has 0 bridgehead atoms. The van der Waals surface area contributed by atoms with Crippen molar-refractivity contribution >= 4 is 21.9 Å². The minimum atomic E-state index is -3.95. The van der Waals surface area contributed by atoms with Gasteiger partial charge < -0.3 is 10.1 Å². The molecule has 1 saturated heterocycles. The topological polar surface area (TPSA) is 92.8 Å². The van der Waals surface area contributed by atoms with Crippen molar-refractivity contribution in [2.45, 2.75) is 44.6 Å². The van der Waals surface area contributed by atoms with Gasteiger partial charge in [-0.3, -0.25) is 9.59 Å². The lowest BCUT2D eigenvalue weighted by molar-refractivity contribution is -0.159. The molecule has 9 heteroatoms. The van der Waals surface area contributed by atoms with Crippen molar-refractivity contribution in [3.05, 3.63) is 30.1 Å². The molecule has 156 valence electrons. The summed E-state index contributed by atoms with van der Waals surface area (Å²) in [5.41, 5.74) is 0. The van der Waals surface area contributed by atoms with Gasteiger partial charge in [0.05, 0.1) is 5.92 Å². The minimum absolute atomic E-state index is 0.0877. The first-order chi connectivity index (χ1) is 13.1. The highest BCUT2D eigenvalue weighted by Crippen LogP contribution is 2.26. The predicted molar refractivity (Wildman–Crippen MR) is 101 cm³/mol. The first-order valence-electron chi connectivity index (χ1n) is 9.35. The van der Waals surface area contributed by atoms with E-state index in [1.807, 2.05) is 13.8 Å². The van der Waals surface area contributed by atoms with Crippen molar-refractivity contribution in [1.82, 2.24) is 9.62 Å². The zero-order chi connectivity index (χ0) is 20.9. The van der Waals surface area contributed by atoms with E-state index in [0.717, 1.165) is 6.07 Å². The number of hydrogen-bond acceptors (Lipinski definition) is 5. The maximum absolute atomic E-state index is 13.9. The van der Waals surface area contributed by atoms with Gasteiger partial charge >= 0.3 is 5.97 Å². The van der Waals surface area contributed by atoms with E-state index >= 15 is 0 Å². The Morgan fingerprint density at radius 2 is 1.82 bits per heavy atom. The lowest BCUT2D eigenvalue weighted by atomic mass is 9.98. The number of nitrogens with zero attached hydrogens (tertiary/aromatic N) is 1. The maximum Gasteiger partial charge on any atom is 0.309 e. The van der Waals surface area contributed by atoms with Crippen molar-refractivity contribution < 1.29 is 27.1 Å². The Labute approximate surface area is 165 Å². The summed E-state index contributed by atoms with van der Waals surface area (Å²) in [6, 6.07) is 5.21. The summed E-state index contributed by atoms with van der Waals surface area (Å²) >= 11 is 0. The molecule has 7 nitrogen and oxygen atoms in total. The molecule has 1 heterocycles. The molecule has 1 N–H and O–H groups in total. The average Bonchev–Trinajstić information content (AvgIpc) is 2.66. The minimum Gasteiger partial charge on any atom is -0.452 e. The third-order valence-corrected chi connectivity index (χ3v) is 6.52. The fourth-order valence-electron chi connectivity index (χ4n) is 2.90. The summed E-state index contributed by atoms with van der Waals surface area (Å²) in [6.45, 7) is 6.09. The van der Waals surface area contributed by atoms with Gasteiger partial charge in [0.1, 0.15) is 10.7 Å². The van der Waals surface area contributed by atoms with Gasteiger partial charge in [0.15, 0.2) is 6.10 Å². The smallest absolute Gasteiger partial charge is 0.309 e. The number of amides is 1. The highest BCUT2D eigenvalue weighted by atomic mass is 32.2. The molecule has 1 fully saturated rings. The molecule has 0 aliphatic carbocycles. The number of hydrogen-bond donors (Lipinski definition) is 1. The number of benzene rings is 1. The fraction of sp³-hybridized carbons (Fsp3) is 0.579. The first kappa shape index (κ1) is 22.3. The number of carbonyl (C=O) groups excluding carboxylic acids is 2. The molecule has 1 atom stereocenters. The Balaban J connectivity index is 1.90. The number of sulfonamides is 1. The second-order valence-electron chi connectivity index (χ2n) is 7.33. The number of halogens is 1. The van der Waals surface area contributed by atoms with E-state index in [1.165, 1.54) is 29.4 Å². The monoisotopic (exact) mass is 414 g/mol. The number of piperidine rings is 1. The SMILES string of the molecule is CC(C)CNC(=O)C(C)OC(=O)C1CCN(S(=O)(=O)c2ccccc2F)CC1. The Morgan fingerprint density at radius 3 is 2.39 bits per heavy atom. The average molecular weight is 414 g/mol. The molecule has 1 amide bonds. The van der Waals surface area contributed by atoms with Crippen LogP contribution < -0.4 is 5.32 Å². The predicted octanol–water partition coefficient (Wildman–Crippen LogP) is 1.93. The van der Waals surface area contributed by atoms with Crippen molar-refractivity contribution in [2.75, 3.05) is 19.6 Å². The molecule has 0 saturated carbocycles. The van der Waals surface area contributed by atoms with Gasteiger partial charge in [0, 0.05) is 19.6 Å². The van der Waals surface area contributed by atoms with Gasteiger partial charge in [0.25, 0.3) is 5.91 Å². The third kappa shape index (κ3) is 5.51. The molecule has 28 heavy (non-hydrogen) atoms. The van der Waals surface area contributed by atoms with Crippen molar-refractivity contribution in [3.8, 4) is 0 Å². The number of carbonyl (C=O) groups is 2. The number of nitrogens with one attached hydrogen (secondary N) is 1. The van der Waals surface area contributed by atoms with E-state index in [1.54, 1.807) is 0 Å². The van der Waals surface area contributed by atoms with Crippen LogP contribution >= 0.6 is 0 Å². The zero-order valence-corrected chi connectivity index (χ0v) is 17.2. The number of rotatable bonds is 7. The summed E-state index contributed by atoms with van der Waals surface area (Å²) in [5, 5.41) is 2.70. The Hall–Kier alpha value is -2.00. The lowest BCUT2D eigenvalue weighted by Crippen LogP contribution is -2.43. The molecule has 1 aliphatic rings. The molecule has 0 aromatic heterocycles. The molecule has 2 rings (SSSR count). The van der Waals surface area contributed by atoms with E-state index in [2.05, 4.69) is 5.32 Å². The van der Waals surface area contributed by atoms with E-state index in [0.29, 0.717) is 6.54 Å². The van der Waals surface area contributed by atoms with Crippen LogP contribution in [0, 0.1) is 17.7 Å². The summed E-state index contributed by atoms with van der Waals surface area (Å²) in [4.78, 5) is 23.9. The summed E-state index contributed by atoms with van der Waals surface area (Å²) in [7, 11) is -3.95. The van der Waals surface area contributed by atoms with Gasteiger partial charge in [0.2, 0.25) is 10.0 Å². The third-order valence-electron chi connectivity index (χ3n) is 4.59. The Morgan fingerprint density at radius 1 is 1.21 bits per heavy atom. The molecule has 1 aromatic carbocycles. The van der Waals surface area contributed by atoms with E-state index in [4.69, 9.17) is 4.74 Å². The van der Waals surface area contributed by atoms with E-state index < -0.39 is 33.8 Å². The quantitative estimate of drug-likeness (QED) is 0.688. The highest BCUT2D eigenvalue weighted by molar-refractivity contribution is 7.89. The second kappa shape index (κ2) is 9.47. The van der Waals surface area contributed by atoms with Crippen LogP contribution in [-0.2, 0) is 24.3 Å². The van der Waals surface area contributed by atoms with E-state index in [9.17, 15) is 22.4 Å². The van der Waals surface area contributed by atoms with Gasteiger partial charge in [-0.1, -0.05) is 26.0 Å². The Kier molecular flexibility index (Phi) is 7.54. The maximum atomic E-state index is 13.9. The van der Waals surface area contributed by atoms with Crippen LogP contribution in [0.25, 0.3) is 0 Å². The molecule has 1 aromatic rings. The van der Waals surface area contributed by atoms with Crippen LogP contribution in [0.2, 0.25) is 0 Å². The van der Waals surface area contributed by atoms with Crippen LogP contribution in [0.15, 0.2) is 29.2 Å². The zero-order valence-electron chi connectivity index (χ0n) is 16.4. The van der Waals surface area contributed by atoms with Crippen LogP contribution in [0.3, 0.4) is 0 Å². The number of esters is 1. The molecular weight excluding hydrogens is 387 g/mol. The highest BCUT2D eigenvalue weighted by Gasteiger charge is 2.34. The first-order valence-corrected chi connectivity index (χ1v) is 10.8. The summed E-state index contributed by atoms with van der Waals surface area (Å²) in [6.07, 6.45) is -0.397. The van der Waals surface area contributed by atoms with Crippen LogP contribution in [0.1, 0.15) is 33.6 Å². The van der Waals surface area contributed by atoms with E-state index in [-0.39, 0.29) is 42.7 Å². The summed E-state index contributed by atoms with van der Waals surface area (Å²) < 4.78 is 45.5. The molecule has 1 unspecified atom stereocenters. The molecular formula is C19H27FN2O5S. The standard InChI is InChI=1S/C19H27FN2O5S/c1-13(2)12-21-18(23)14(3)27-19(24)15-8-10-22(11-9-15)28(25,26)17-7-5-4-6-16(17)20/h4-7,13-15H,8-12H2,1-3H3,(H,21,23). The molecule has 1 aliphatic heterocycles. The van der Waals surface area contributed by atoms with Gasteiger partial charge in [-0.2, -0.15) is 4.31 Å². The van der Waals surface area contributed by atoms with Crippen LogP contribution in [0.4, 0.5) is 4.39 Å². The van der Waals surface area contributed by atoms with Crippen LogP contribution in [-0.4, -0.2) is 50.3 Å². The van der Waals surface area contributed by atoms with Crippen molar-refractivity contribution in [3.63, 3.8) is 0 Å². The second-order valence-corrected chi connectivity index (χ2v) is 9.23. The normalized spacial score (nSPS) is 17.3. The van der Waals surface area contributed by atoms with Gasteiger partial charge in [-0.15, -0.1) is 0 Å². The van der Waals surface area contributed by atoms with Crippen molar-refractivity contribution in [1.29, 1.82) is 0 Å². The lowest BCUT2D eigenvalue weighted by Gasteiger charge is -2.30. The van der Waals surface area contributed by atoms with Gasteiger partial charge in [-0.05, 0) is 37.8 Å².